The third-order valence-electron chi connectivity index (χ3n) is 3.70. The second-order valence-corrected chi connectivity index (χ2v) is 6.66. The van der Waals surface area contributed by atoms with E-state index in [-0.39, 0.29) is 12.1 Å². The van der Waals surface area contributed by atoms with Gasteiger partial charge in [-0.2, -0.15) is 5.10 Å². The molecular formula is C20H14Cl2FN3O3. The van der Waals surface area contributed by atoms with E-state index in [1.165, 1.54) is 24.4 Å². The van der Waals surface area contributed by atoms with Crippen LogP contribution >= 0.6 is 23.2 Å². The molecule has 9 heteroatoms. The second-order valence-electron chi connectivity index (χ2n) is 5.81. The van der Waals surface area contributed by atoms with Gasteiger partial charge in [-0.15, -0.1) is 0 Å². The number of hydrogen-bond donors (Lipinski definition) is 2. The molecule has 0 unspecified atom stereocenters. The molecule has 0 radical (unpaired) electrons. The van der Waals surface area contributed by atoms with Crippen LogP contribution < -0.4 is 10.7 Å². The normalized spacial score (nSPS) is 10.9. The number of nitrogens with one attached hydrogen (secondary N) is 2. The quantitative estimate of drug-likeness (QED) is 0.449. The number of rotatable bonds is 6. The lowest BCUT2D eigenvalue weighted by atomic mass is 10.2. The van der Waals surface area contributed by atoms with Gasteiger partial charge in [0.05, 0.1) is 17.8 Å². The van der Waals surface area contributed by atoms with E-state index in [2.05, 4.69) is 15.8 Å². The van der Waals surface area contributed by atoms with E-state index in [9.17, 15) is 14.0 Å². The molecule has 1 heterocycles. The van der Waals surface area contributed by atoms with Crippen LogP contribution in [0.4, 0.5) is 4.39 Å². The second kappa shape index (κ2) is 9.36. The Hall–Kier alpha value is -3.16. The molecule has 6 nitrogen and oxygen atoms in total. The first-order chi connectivity index (χ1) is 13.9. The smallest absolute Gasteiger partial charge is 0.259 e. The fourth-order valence-electron chi connectivity index (χ4n) is 2.36. The summed E-state index contributed by atoms with van der Waals surface area (Å²) in [7, 11) is 0. The highest BCUT2D eigenvalue weighted by atomic mass is 35.5. The van der Waals surface area contributed by atoms with E-state index < -0.39 is 17.6 Å². The number of carbonyl (C=O) groups excluding carboxylic acids is 2. The Morgan fingerprint density at radius 1 is 1.10 bits per heavy atom. The molecule has 0 bridgehead atoms. The largest absolute Gasteiger partial charge is 0.455 e. The number of hydrazone groups is 1. The van der Waals surface area contributed by atoms with Crippen molar-refractivity contribution in [3.8, 4) is 11.3 Å². The number of nitrogens with zero attached hydrogens (tertiary/aromatic N) is 1. The average molecular weight is 434 g/mol. The standard InChI is InChI=1S/C20H14Cl2FN3O3/c21-13-4-6-16(17(22)9-13)18-7-5-15(29-18)10-25-26-19(27)11-24-20(28)12-2-1-3-14(23)8-12/h1-10H,11H2,(H,24,28)(H,26,27)/b25-10-. The maximum atomic E-state index is 13.1. The number of halogens is 3. The van der Waals surface area contributed by atoms with Crippen molar-refractivity contribution >= 4 is 41.2 Å². The SMILES string of the molecule is O=C(CNC(=O)c1cccc(F)c1)N/N=C\c1ccc(-c2ccc(Cl)cc2Cl)o1. The number of hydrogen-bond acceptors (Lipinski definition) is 4. The van der Waals surface area contributed by atoms with Crippen molar-refractivity contribution in [2.24, 2.45) is 5.10 Å². The fraction of sp³-hybridized carbons (Fsp3) is 0.0500. The molecule has 29 heavy (non-hydrogen) atoms. The first-order valence-electron chi connectivity index (χ1n) is 8.33. The molecule has 2 amide bonds. The average Bonchev–Trinajstić information content (AvgIpc) is 3.14. The zero-order chi connectivity index (χ0) is 20.8. The van der Waals surface area contributed by atoms with Crippen LogP contribution in [-0.2, 0) is 4.79 Å². The van der Waals surface area contributed by atoms with Crippen molar-refractivity contribution < 1.29 is 18.4 Å². The summed E-state index contributed by atoms with van der Waals surface area (Å²) in [5, 5.41) is 7.09. The Balaban J connectivity index is 1.51. The highest BCUT2D eigenvalue weighted by Crippen LogP contribution is 2.31. The minimum Gasteiger partial charge on any atom is -0.455 e. The third kappa shape index (κ3) is 5.66. The minimum absolute atomic E-state index is 0.116. The predicted octanol–water partition coefficient (Wildman–Crippen LogP) is 4.27. The number of carbonyl (C=O) groups is 2. The van der Waals surface area contributed by atoms with Crippen LogP contribution in [-0.4, -0.2) is 24.6 Å². The van der Waals surface area contributed by atoms with Crippen molar-refractivity contribution in [1.82, 2.24) is 10.7 Å². The third-order valence-corrected chi connectivity index (χ3v) is 4.25. The zero-order valence-corrected chi connectivity index (χ0v) is 16.3. The van der Waals surface area contributed by atoms with Gasteiger partial charge in [0.15, 0.2) is 0 Å². The summed E-state index contributed by atoms with van der Waals surface area (Å²) < 4.78 is 18.7. The molecule has 1 aromatic heterocycles. The van der Waals surface area contributed by atoms with E-state index in [4.69, 9.17) is 27.6 Å². The number of amides is 2. The first-order valence-corrected chi connectivity index (χ1v) is 9.09. The summed E-state index contributed by atoms with van der Waals surface area (Å²) in [6, 6.07) is 13.5. The number of benzene rings is 2. The van der Waals surface area contributed by atoms with Crippen molar-refractivity contribution in [2.75, 3.05) is 6.54 Å². The van der Waals surface area contributed by atoms with Gasteiger partial charge < -0.3 is 9.73 Å². The molecule has 2 aromatic carbocycles. The van der Waals surface area contributed by atoms with E-state index in [0.717, 1.165) is 6.07 Å². The summed E-state index contributed by atoms with van der Waals surface area (Å²) in [5.41, 5.74) is 3.04. The monoisotopic (exact) mass is 433 g/mol. The molecular weight excluding hydrogens is 420 g/mol. The molecule has 0 aliphatic rings. The Morgan fingerprint density at radius 3 is 2.69 bits per heavy atom. The van der Waals surface area contributed by atoms with Crippen molar-refractivity contribution in [3.63, 3.8) is 0 Å². The minimum atomic E-state index is -0.570. The molecule has 0 aliphatic carbocycles. The Morgan fingerprint density at radius 2 is 1.93 bits per heavy atom. The Kier molecular flexibility index (Phi) is 6.64. The lowest BCUT2D eigenvalue weighted by molar-refractivity contribution is -0.120. The summed E-state index contributed by atoms with van der Waals surface area (Å²) in [6.45, 7) is -0.323. The molecule has 0 fully saturated rings. The molecule has 0 aliphatic heterocycles. The van der Waals surface area contributed by atoms with Gasteiger partial charge in [-0.05, 0) is 48.5 Å². The van der Waals surface area contributed by atoms with E-state index >= 15 is 0 Å². The van der Waals surface area contributed by atoms with Crippen molar-refractivity contribution in [2.45, 2.75) is 0 Å². The van der Waals surface area contributed by atoms with Gasteiger partial charge in [-0.1, -0.05) is 29.3 Å². The molecule has 0 atom stereocenters. The van der Waals surface area contributed by atoms with Gasteiger partial charge in [-0.25, -0.2) is 9.82 Å². The lowest BCUT2D eigenvalue weighted by Gasteiger charge is -2.04. The van der Waals surface area contributed by atoms with Crippen molar-refractivity contribution in [1.29, 1.82) is 0 Å². The molecule has 2 N–H and O–H groups in total. The highest BCUT2D eigenvalue weighted by molar-refractivity contribution is 6.36. The van der Waals surface area contributed by atoms with Gasteiger partial charge in [-0.3, -0.25) is 9.59 Å². The highest BCUT2D eigenvalue weighted by Gasteiger charge is 2.10. The van der Waals surface area contributed by atoms with Gasteiger partial charge >= 0.3 is 0 Å². The maximum absolute atomic E-state index is 13.1. The summed E-state index contributed by atoms with van der Waals surface area (Å²) in [5.74, 6) is -0.765. The summed E-state index contributed by atoms with van der Waals surface area (Å²) >= 11 is 12.0. The van der Waals surface area contributed by atoms with E-state index in [0.29, 0.717) is 27.1 Å². The van der Waals surface area contributed by atoms with Crippen LogP contribution in [0.15, 0.2) is 64.1 Å². The topological polar surface area (TPSA) is 83.7 Å². The van der Waals surface area contributed by atoms with Gasteiger partial charge in [0.25, 0.3) is 11.8 Å². The zero-order valence-electron chi connectivity index (χ0n) is 14.8. The summed E-state index contributed by atoms with van der Waals surface area (Å²) in [6.07, 6.45) is 1.31. The maximum Gasteiger partial charge on any atom is 0.259 e. The van der Waals surface area contributed by atoms with Gasteiger partial charge in [0.2, 0.25) is 0 Å². The van der Waals surface area contributed by atoms with Crippen LogP contribution in [0.5, 0.6) is 0 Å². The summed E-state index contributed by atoms with van der Waals surface area (Å²) in [4.78, 5) is 23.6. The molecule has 0 saturated heterocycles. The van der Waals surface area contributed by atoms with Crippen LogP contribution in [0.3, 0.4) is 0 Å². The van der Waals surface area contributed by atoms with Gasteiger partial charge in [0.1, 0.15) is 17.3 Å². The van der Waals surface area contributed by atoms with E-state index in [1.54, 1.807) is 30.3 Å². The predicted molar refractivity (Wildman–Crippen MR) is 109 cm³/mol. The van der Waals surface area contributed by atoms with Crippen molar-refractivity contribution in [3.05, 3.63) is 81.8 Å². The number of furan rings is 1. The molecule has 0 saturated carbocycles. The fourth-order valence-corrected chi connectivity index (χ4v) is 2.86. The first kappa shape index (κ1) is 20.6. The molecule has 3 aromatic rings. The molecule has 3 rings (SSSR count). The van der Waals surface area contributed by atoms with E-state index in [1.807, 2.05) is 0 Å². The lowest BCUT2D eigenvalue weighted by Crippen LogP contribution is -2.34. The van der Waals surface area contributed by atoms with Crippen LogP contribution in [0.1, 0.15) is 16.1 Å². The van der Waals surface area contributed by atoms with Crippen LogP contribution in [0, 0.1) is 5.82 Å². The van der Waals surface area contributed by atoms with Crippen LogP contribution in [0.2, 0.25) is 10.0 Å². The Labute approximate surface area is 175 Å². The van der Waals surface area contributed by atoms with Gasteiger partial charge in [0, 0.05) is 16.1 Å². The molecule has 0 spiro atoms. The Bertz CT molecular complexity index is 1080. The molecule has 148 valence electrons. The van der Waals surface area contributed by atoms with Crippen LogP contribution in [0.25, 0.3) is 11.3 Å².